The minimum Gasteiger partial charge on any atom is -0.481 e. The van der Waals surface area contributed by atoms with Gasteiger partial charge in [0.05, 0.1) is 13.0 Å². The number of carbonyl (C=O) groups is 4. The highest BCUT2D eigenvalue weighted by Crippen LogP contribution is 2.42. The number of ether oxygens (including phenoxy) is 1. The fourth-order valence-electron chi connectivity index (χ4n) is 5.74. The van der Waals surface area contributed by atoms with Crippen LogP contribution in [0.4, 0.5) is 4.39 Å². The molecule has 1 saturated carbocycles. The molecule has 0 radical (unpaired) electrons. The predicted molar refractivity (Wildman–Crippen MR) is 141 cm³/mol. The summed E-state index contributed by atoms with van der Waals surface area (Å²) in [5.74, 6) is -4.23. The van der Waals surface area contributed by atoms with E-state index in [-0.39, 0.29) is 28.5 Å². The first-order valence-electron chi connectivity index (χ1n) is 12.8. The van der Waals surface area contributed by atoms with E-state index in [9.17, 15) is 28.7 Å². The summed E-state index contributed by atoms with van der Waals surface area (Å²) in [6, 6.07) is 10.2. The van der Waals surface area contributed by atoms with Crippen molar-refractivity contribution in [2.45, 2.75) is 64.5 Å². The molecule has 2 aromatic rings. The van der Waals surface area contributed by atoms with Crippen LogP contribution in [0.2, 0.25) is 0 Å². The molecule has 1 aliphatic heterocycles. The second-order valence-corrected chi connectivity index (χ2v) is 11.6. The van der Waals surface area contributed by atoms with Crippen LogP contribution < -0.4 is 0 Å². The van der Waals surface area contributed by atoms with E-state index in [1.807, 2.05) is 13.8 Å². The summed E-state index contributed by atoms with van der Waals surface area (Å²) in [6.45, 7) is 5.69. The molecule has 9 heteroatoms. The zero-order valence-corrected chi connectivity index (χ0v) is 23.2. The fourth-order valence-corrected chi connectivity index (χ4v) is 6.08. The molecule has 2 amide bonds. The Balaban J connectivity index is 1.81. The lowest BCUT2D eigenvalue weighted by Crippen LogP contribution is -2.59. The maximum absolute atomic E-state index is 14.7. The van der Waals surface area contributed by atoms with Crippen LogP contribution >= 0.6 is 15.9 Å². The van der Waals surface area contributed by atoms with Gasteiger partial charge in [0.1, 0.15) is 11.9 Å². The van der Waals surface area contributed by atoms with Gasteiger partial charge in [-0.1, -0.05) is 67.4 Å². The van der Waals surface area contributed by atoms with E-state index in [0.717, 1.165) is 17.7 Å². The molecule has 1 aliphatic carbocycles. The summed E-state index contributed by atoms with van der Waals surface area (Å²) in [5.41, 5.74) is -2.22. The molecule has 1 N–H and O–H groups in total. The molecule has 0 bridgehead atoms. The van der Waals surface area contributed by atoms with Gasteiger partial charge in [0, 0.05) is 15.6 Å². The molecule has 0 saturated heterocycles. The van der Waals surface area contributed by atoms with Gasteiger partial charge in [-0.2, -0.15) is 0 Å². The van der Waals surface area contributed by atoms with Gasteiger partial charge in [-0.15, -0.1) is 0 Å². The lowest BCUT2D eigenvalue weighted by molar-refractivity contribution is -0.171. The Bertz CT molecular complexity index is 1280. The molecule has 0 aromatic heterocycles. The number of halogens is 2. The van der Waals surface area contributed by atoms with Gasteiger partial charge in [0.25, 0.3) is 11.8 Å². The van der Waals surface area contributed by atoms with Crippen LogP contribution in [0, 0.1) is 23.6 Å². The summed E-state index contributed by atoms with van der Waals surface area (Å²) in [4.78, 5) is 54.6. The van der Waals surface area contributed by atoms with Crippen molar-refractivity contribution in [2.24, 2.45) is 17.8 Å². The van der Waals surface area contributed by atoms with Crippen molar-refractivity contribution in [3.8, 4) is 0 Å². The Morgan fingerprint density at radius 1 is 1.18 bits per heavy atom. The summed E-state index contributed by atoms with van der Waals surface area (Å²) >= 11 is 3.18. The van der Waals surface area contributed by atoms with Crippen molar-refractivity contribution >= 4 is 39.7 Å². The Labute approximate surface area is 229 Å². The van der Waals surface area contributed by atoms with E-state index in [0.29, 0.717) is 16.8 Å². The number of carboxylic acids is 1. The molecule has 0 spiro atoms. The third-order valence-electron chi connectivity index (χ3n) is 7.80. The Kier molecular flexibility index (Phi) is 8.06. The quantitative estimate of drug-likeness (QED) is 0.261. The van der Waals surface area contributed by atoms with Crippen molar-refractivity contribution in [1.82, 2.24) is 4.90 Å². The number of carboxylic acid groups (broad SMARTS) is 1. The van der Waals surface area contributed by atoms with Crippen LogP contribution in [0.1, 0.15) is 67.9 Å². The number of esters is 1. The Hall–Kier alpha value is -3.07. The average molecular weight is 588 g/mol. The minimum atomic E-state index is -2.29. The first kappa shape index (κ1) is 28.0. The SMILES string of the molecule is CC(C)[C@@H]1CC[C@@H](C)C[C@H]1OC(=O)[C@@]1(CC(=O)O)C(=O)N(Cc2ccc(Br)cc2F)C(=O)c2ccccc21. The zero-order valence-electron chi connectivity index (χ0n) is 21.6. The molecule has 202 valence electrons. The molecular weight excluding hydrogens is 557 g/mol. The van der Waals surface area contributed by atoms with Crippen molar-refractivity contribution in [3.05, 3.63) is 69.4 Å². The van der Waals surface area contributed by atoms with Crippen molar-refractivity contribution < 1.29 is 33.4 Å². The van der Waals surface area contributed by atoms with Crippen LogP contribution in [0.15, 0.2) is 46.9 Å². The van der Waals surface area contributed by atoms with Crippen molar-refractivity contribution in [3.63, 3.8) is 0 Å². The number of nitrogens with zero attached hydrogens (tertiary/aromatic N) is 1. The largest absolute Gasteiger partial charge is 0.481 e. The van der Waals surface area contributed by atoms with E-state index >= 15 is 0 Å². The normalized spacial score (nSPS) is 25.3. The van der Waals surface area contributed by atoms with Crippen LogP contribution in [0.3, 0.4) is 0 Å². The molecule has 1 fully saturated rings. The number of rotatable bonds is 7. The van der Waals surface area contributed by atoms with Crippen molar-refractivity contribution in [1.29, 1.82) is 0 Å². The standard InChI is InChI=1S/C29H31BrFNO6/c1-16(2)20-11-8-17(3)12-24(20)38-28(37)29(14-25(33)34)22-7-5-4-6-21(22)26(35)32(27(29)36)15-18-9-10-19(30)13-23(18)31/h4-7,9-10,13,16-17,20,24H,8,11-12,14-15H2,1-3H3,(H,33,34)/t17-,20+,24-,29-/m1/s1. The molecule has 38 heavy (non-hydrogen) atoms. The van der Waals surface area contributed by atoms with Gasteiger partial charge in [-0.3, -0.25) is 24.1 Å². The van der Waals surface area contributed by atoms with Gasteiger partial charge in [0.15, 0.2) is 5.41 Å². The second kappa shape index (κ2) is 11.0. The lowest BCUT2D eigenvalue weighted by Gasteiger charge is -2.42. The van der Waals surface area contributed by atoms with E-state index in [1.165, 1.54) is 24.3 Å². The number of amides is 2. The number of carbonyl (C=O) groups excluding carboxylic acids is 3. The highest BCUT2D eigenvalue weighted by atomic mass is 79.9. The number of imide groups is 1. The predicted octanol–water partition coefficient (Wildman–Crippen LogP) is 5.49. The van der Waals surface area contributed by atoms with Gasteiger partial charge in [-0.05, 0) is 54.4 Å². The molecule has 7 nitrogen and oxygen atoms in total. The Morgan fingerprint density at radius 3 is 2.55 bits per heavy atom. The van der Waals surface area contributed by atoms with Gasteiger partial charge < -0.3 is 9.84 Å². The highest BCUT2D eigenvalue weighted by molar-refractivity contribution is 9.10. The van der Waals surface area contributed by atoms with Crippen LogP contribution in [-0.2, 0) is 31.1 Å². The first-order valence-corrected chi connectivity index (χ1v) is 13.6. The molecule has 4 atom stereocenters. The third-order valence-corrected chi connectivity index (χ3v) is 8.29. The van der Waals surface area contributed by atoms with E-state index < -0.39 is 54.1 Å². The molecule has 0 unspecified atom stereocenters. The van der Waals surface area contributed by atoms with E-state index in [1.54, 1.807) is 18.2 Å². The monoisotopic (exact) mass is 587 g/mol. The zero-order chi connectivity index (χ0) is 27.8. The highest BCUT2D eigenvalue weighted by Gasteiger charge is 2.59. The maximum atomic E-state index is 14.7. The van der Waals surface area contributed by atoms with Crippen LogP contribution in [0.5, 0.6) is 0 Å². The van der Waals surface area contributed by atoms with Gasteiger partial charge in [0.2, 0.25) is 0 Å². The van der Waals surface area contributed by atoms with Crippen molar-refractivity contribution in [2.75, 3.05) is 0 Å². The molecule has 4 rings (SSSR count). The summed E-state index contributed by atoms with van der Waals surface area (Å²) < 4.78 is 21.2. The molecular formula is C29H31BrFNO6. The summed E-state index contributed by atoms with van der Waals surface area (Å²) in [7, 11) is 0. The van der Waals surface area contributed by atoms with E-state index in [4.69, 9.17) is 4.74 Å². The first-order chi connectivity index (χ1) is 18.0. The number of aliphatic carboxylic acids is 1. The molecule has 1 heterocycles. The topological polar surface area (TPSA) is 101 Å². The number of hydrogen-bond donors (Lipinski definition) is 1. The molecule has 2 aliphatic rings. The maximum Gasteiger partial charge on any atom is 0.327 e. The lowest BCUT2D eigenvalue weighted by atomic mass is 9.71. The number of benzene rings is 2. The summed E-state index contributed by atoms with van der Waals surface area (Å²) in [5, 5.41) is 9.90. The Morgan fingerprint density at radius 2 is 1.89 bits per heavy atom. The molecule has 2 aromatic carbocycles. The average Bonchev–Trinajstić information content (AvgIpc) is 2.85. The smallest absolute Gasteiger partial charge is 0.327 e. The van der Waals surface area contributed by atoms with E-state index in [2.05, 4.69) is 22.9 Å². The number of fused-ring (bicyclic) bond motifs is 1. The number of hydrogen-bond acceptors (Lipinski definition) is 5. The summed E-state index contributed by atoms with van der Waals surface area (Å²) in [6.07, 6.45) is 1.04. The van der Waals surface area contributed by atoms with Crippen LogP contribution in [0.25, 0.3) is 0 Å². The minimum absolute atomic E-state index is 0.000108. The fraction of sp³-hybridized carbons (Fsp3) is 0.448. The van der Waals surface area contributed by atoms with Gasteiger partial charge >= 0.3 is 11.9 Å². The third kappa shape index (κ3) is 5.13. The van der Waals surface area contributed by atoms with Gasteiger partial charge in [-0.25, -0.2) is 4.39 Å². The van der Waals surface area contributed by atoms with Crippen LogP contribution in [-0.4, -0.2) is 39.9 Å². The second-order valence-electron chi connectivity index (χ2n) is 10.7.